The first-order valence-electron chi connectivity index (χ1n) is 7.17. The van der Waals surface area contributed by atoms with Gasteiger partial charge in [0.2, 0.25) is 5.43 Å². The van der Waals surface area contributed by atoms with E-state index in [1.54, 1.807) is 17.8 Å². The second kappa shape index (κ2) is 7.78. The third-order valence-electron chi connectivity index (χ3n) is 3.35. The highest BCUT2D eigenvalue weighted by atomic mass is 79.9. The van der Waals surface area contributed by atoms with Crippen LogP contribution in [0, 0.1) is 10.1 Å². The molecule has 7 heteroatoms. The van der Waals surface area contributed by atoms with Gasteiger partial charge in [-0.1, -0.05) is 26.2 Å². The fourth-order valence-electron chi connectivity index (χ4n) is 2.14. The van der Waals surface area contributed by atoms with Crippen molar-refractivity contribution in [3.63, 3.8) is 0 Å². The van der Waals surface area contributed by atoms with Crippen LogP contribution in [0.5, 0.6) is 0 Å². The smallest absolute Gasteiger partial charge is 0.270 e. The maximum Gasteiger partial charge on any atom is 0.270 e. The number of H-pyrrole nitrogens is 1. The number of nitrogens with one attached hydrogen (secondary N) is 1. The first-order valence-corrected chi connectivity index (χ1v) is 8.95. The molecule has 0 fully saturated rings. The van der Waals surface area contributed by atoms with Crippen molar-refractivity contribution in [3.05, 3.63) is 43.0 Å². The zero-order chi connectivity index (χ0) is 16.1. The van der Waals surface area contributed by atoms with Crippen LogP contribution >= 0.6 is 27.7 Å². The fraction of sp³-hybridized carbons (Fsp3) is 0.400. The Kier molecular flexibility index (Phi) is 6.02. The highest BCUT2D eigenvalue weighted by molar-refractivity contribution is 9.10. The lowest BCUT2D eigenvalue weighted by Crippen LogP contribution is -2.07. The number of fused-ring (bicyclic) bond motifs is 1. The average Bonchev–Trinajstić information content (AvgIpc) is 2.51. The van der Waals surface area contributed by atoms with Crippen LogP contribution in [0.4, 0.5) is 5.69 Å². The second-order valence-corrected chi connectivity index (χ2v) is 6.89. The normalized spacial score (nSPS) is 11.0. The SMILES string of the molecule is CCCCCCSc1[nH]c2ccc([N+](=O)[O-])cc2c(=O)c1Br. The molecule has 1 aromatic heterocycles. The van der Waals surface area contributed by atoms with Crippen LogP contribution in [0.1, 0.15) is 32.6 Å². The van der Waals surface area contributed by atoms with E-state index in [9.17, 15) is 14.9 Å². The molecule has 0 saturated carbocycles. The molecular weight excluding hydrogens is 368 g/mol. The number of benzene rings is 1. The van der Waals surface area contributed by atoms with Crippen molar-refractivity contribution in [3.8, 4) is 0 Å². The molecule has 0 bridgehead atoms. The van der Waals surface area contributed by atoms with Crippen molar-refractivity contribution < 1.29 is 4.92 Å². The zero-order valence-electron chi connectivity index (χ0n) is 12.2. The summed E-state index contributed by atoms with van der Waals surface area (Å²) < 4.78 is 0.445. The number of aromatic nitrogens is 1. The molecular formula is C15H17BrN2O3S. The molecule has 1 aromatic carbocycles. The van der Waals surface area contributed by atoms with Crippen LogP contribution in [0.15, 0.2) is 32.5 Å². The third-order valence-corrected chi connectivity index (χ3v) is 5.46. The van der Waals surface area contributed by atoms with Gasteiger partial charge in [0.1, 0.15) is 0 Å². The van der Waals surface area contributed by atoms with E-state index >= 15 is 0 Å². The maximum absolute atomic E-state index is 12.4. The molecule has 118 valence electrons. The van der Waals surface area contributed by atoms with Gasteiger partial charge in [-0.15, -0.1) is 11.8 Å². The first kappa shape index (κ1) is 17.0. The molecule has 0 atom stereocenters. The van der Waals surface area contributed by atoms with Crippen LogP contribution in [0.25, 0.3) is 10.9 Å². The largest absolute Gasteiger partial charge is 0.349 e. The van der Waals surface area contributed by atoms with Gasteiger partial charge in [-0.3, -0.25) is 14.9 Å². The average molecular weight is 385 g/mol. The van der Waals surface area contributed by atoms with Gasteiger partial charge in [-0.25, -0.2) is 0 Å². The number of hydrogen-bond acceptors (Lipinski definition) is 4. The van der Waals surface area contributed by atoms with Crippen molar-refractivity contribution >= 4 is 44.3 Å². The summed E-state index contributed by atoms with van der Waals surface area (Å²) in [5, 5.41) is 11.9. The predicted molar refractivity (Wildman–Crippen MR) is 93.8 cm³/mol. The summed E-state index contributed by atoms with van der Waals surface area (Å²) in [6, 6.07) is 4.30. The lowest BCUT2D eigenvalue weighted by atomic mass is 10.2. The number of unbranched alkanes of at least 4 members (excludes halogenated alkanes) is 3. The maximum atomic E-state index is 12.4. The van der Waals surface area contributed by atoms with Crippen molar-refractivity contribution in [2.75, 3.05) is 5.75 Å². The Morgan fingerprint density at radius 2 is 2.09 bits per heavy atom. The van der Waals surface area contributed by atoms with Gasteiger partial charge in [-0.05, 0) is 34.2 Å². The number of nitro groups is 1. The molecule has 0 aliphatic rings. The van der Waals surface area contributed by atoms with Crippen molar-refractivity contribution in [1.29, 1.82) is 0 Å². The minimum atomic E-state index is -0.497. The molecule has 0 unspecified atom stereocenters. The van der Waals surface area contributed by atoms with Crippen LogP contribution in [-0.4, -0.2) is 15.7 Å². The van der Waals surface area contributed by atoms with E-state index in [1.165, 1.54) is 31.4 Å². The molecule has 0 spiro atoms. The van der Waals surface area contributed by atoms with E-state index in [-0.39, 0.29) is 11.1 Å². The van der Waals surface area contributed by atoms with E-state index in [4.69, 9.17) is 0 Å². The minimum Gasteiger partial charge on any atom is -0.349 e. The van der Waals surface area contributed by atoms with Crippen LogP contribution in [-0.2, 0) is 0 Å². The van der Waals surface area contributed by atoms with Gasteiger partial charge in [-0.2, -0.15) is 0 Å². The number of hydrogen-bond donors (Lipinski definition) is 1. The lowest BCUT2D eigenvalue weighted by molar-refractivity contribution is -0.384. The van der Waals surface area contributed by atoms with Gasteiger partial charge in [0.15, 0.2) is 0 Å². The number of nitro benzene ring substituents is 1. The molecule has 2 rings (SSSR count). The topological polar surface area (TPSA) is 76.0 Å². The number of rotatable bonds is 7. The van der Waals surface area contributed by atoms with Crippen LogP contribution in [0.3, 0.4) is 0 Å². The predicted octanol–water partition coefficient (Wildman–Crippen LogP) is 4.87. The summed E-state index contributed by atoms with van der Waals surface area (Å²) in [6.45, 7) is 2.17. The molecule has 5 nitrogen and oxygen atoms in total. The highest BCUT2D eigenvalue weighted by Crippen LogP contribution is 2.27. The van der Waals surface area contributed by atoms with Crippen molar-refractivity contribution in [2.45, 2.75) is 37.6 Å². The molecule has 0 amide bonds. The van der Waals surface area contributed by atoms with E-state index < -0.39 is 4.92 Å². The van der Waals surface area contributed by atoms with Gasteiger partial charge >= 0.3 is 0 Å². The summed E-state index contributed by atoms with van der Waals surface area (Å²) in [6.07, 6.45) is 4.70. The Morgan fingerprint density at radius 3 is 2.77 bits per heavy atom. The monoisotopic (exact) mass is 384 g/mol. The number of nitrogens with zero attached hydrogens (tertiary/aromatic N) is 1. The van der Waals surface area contributed by atoms with Gasteiger partial charge in [0, 0.05) is 12.1 Å². The molecule has 1 N–H and O–H groups in total. The molecule has 1 heterocycles. The summed E-state index contributed by atoms with van der Waals surface area (Å²) in [4.78, 5) is 25.9. The van der Waals surface area contributed by atoms with Crippen molar-refractivity contribution in [2.24, 2.45) is 0 Å². The van der Waals surface area contributed by atoms with E-state index in [0.717, 1.165) is 17.2 Å². The Hall–Kier alpha value is -1.34. The molecule has 0 aliphatic carbocycles. The zero-order valence-corrected chi connectivity index (χ0v) is 14.6. The van der Waals surface area contributed by atoms with E-state index in [1.807, 2.05) is 0 Å². The number of aromatic amines is 1. The van der Waals surface area contributed by atoms with Crippen LogP contribution < -0.4 is 5.43 Å². The quantitative estimate of drug-likeness (QED) is 0.319. The summed E-state index contributed by atoms with van der Waals surface area (Å²) in [5.41, 5.74) is 0.327. The summed E-state index contributed by atoms with van der Waals surface area (Å²) >= 11 is 4.91. The lowest BCUT2D eigenvalue weighted by Gasteiger charge is -2.07. The Bertz CT molecular complexity index is 745. The Balaban J connectivity index is 2.26. The van der Waals surface area contributed by atoms with Gasteiger partial charge in [0.05, 0.1) is 25.3 Å². The summed E-state index contributed by atoms with van der Waals surface area (Å²) in [5.74, 6) is 0.938. The number of non-ortho nitro benzene ring substituents is 1. The Morgan fingerprint density at radius 1 is 1.32 bits per heavy atom. The molecule has 22 heavy (non-hydrogen) atoms. The van der Waals surface area contributed by atoms with E-state index in [2.05, 4.69) is 27.8 Å². The summed E-state index contributed by atoms with van der Waals surface area (Å²) in [7, 11) is 0. The second-order valence-electron chi connectivity index (χ2n) is 4.99. The number of pyridine rings is 1. The first-order chi connectivity index (χ1) is 10.5. The van der Waals surface area contributed by atoms with Crippen molar-refractivity contribution in [1.82, 2.24) is 4.98 Å². The molecule has 0 aliphatic heterocycles. The highest BCUT2D eigenvalue weighted by Gasteiger charge is 2.13. The number of halogens is 1. The molecule has 2 aromatic rings. The van der Waals surface area contributed by atoms with E-state index in [0.29, 0.717) is 15.4 Å². The molecule has 0 saturated heterocycles. The molecule has 0 radical (unpaired) electrons. The van der Waals surface area contributed by atoms with Crippen LogP contribution in [0.2, 0.25) is 0 Å². The Labute approximate surface area is 140 Å². The standard InChI is InChI=1S/C15H17BrN2O3S/c1-2-3-4-5-8-22-15-13(16)14(19)11-9-10(18(20)21)6-7-12(11)17-15/h6-7,9H,2-5,8H2,1H3,(H,17,19). The fourth-order valence-corrected chi connectivity index (χ4v) is 3.75. The van der Waals surface area contributed by atoms with Gasteiger partial charge < -0.3 is 4.98 Å². The number of thioether (sulfide) groups is 1. The third kappa shape index (κ3) is 3.89. The minimum absolute atomic E-state index is 0.0788. The van der Waals surface area contributed by atoms with Gasteiger partial charge in [0.25, 0.3) is 5.69 Å².